The Morgan fingerprint density at radius 1 is 1.56 bits per heavy atom. The van der Waals surface area contributed by atoms with Gasteiger partial charge in [0.15, 0.2) is 0 Å². The highest BCUT2D eigenvalue weighted by molar-refractivity contribution is 8.67. The lowest BCUT2D eigenvalue weighted by molar-refractivity contribution is 0.502. The van der Waals surface area contributed by atoms with Gasteiger partial charge in [0.25, 0.3) is 0 Å². The SMILES string of the molecule is CC(C)CSP(O)(O)=S. The van der Waals surface area contributed by atoms with E-state index in [4.69, 9.17) is 9.79 Å². The first-order valence-electron chi connectivity index (χ1n) is 2.62. The first kappa shape index (κ1) is 9.92. The zero-order valence-electron chi connectivity index (χ0n) is 5.44. The summed E-state index contributed by atoms with van der Waals surface area (Å²) in [5.74, 6) is 1.20. The van der Waals surface area contributed by atoms with E-state index in [-0.39, 0.29) is 0 Å². The van der Waals surface area contributed by atoms with Gasteiger partial charge in [0.05, 0.1) is 0 Å². The van der Waals surface area contributed by atoms with Crippen LogP contribution >= 0.6 is 17.1 Å². The summed E-state index contributed by atoms with van der Waals surface area (Å²) in [5.41, 5.74) is -2.97. The molecule has 0 rings (SSSR count). The van der Waals surface area contributed by atoms with Gasteiger partial charge in [-0.25, -0.2) is 0 Å². The fraction of sp³-hybridized carbons (Fsp3) is 1.00. The minimum Gasteiger partial charge on any atom is -0.338 e. The highest BCUT2D eigenvalue weighted by Crippen LogP contribution is 2.51. The lowest BCUT2D eigenvalue weighted by atomic mass is 10.3. The lowest BCUT2D eigenvalue weighted by Gasteiger charge is -2.07. The van der Waals surface area contributed by atoms with E-state index >= 15 is 0 Å². The van der Waals surface area contributed by atoms with Gasteiger partial charge < -0.3 is 9.79 Å². The maximum atomic E-state index is 8.71. The molecule has 0 aromatic rings. The Morgan fingerprint density at radius 3 is 2.11 bits per heavy atom. The monoisotopic (exact) mass is 186 g/mol. The first-order chi connectivity index (χ1) is 3.92. The molecular weight excluding hydrogens is 175 g/mol. The van der Waals surface area contributed by atoms with E-state index in [1.54, 1.807) is 0 Å². The highest BCUT2D eigenvalue weighted by Gasteiger charge is 2.07. The second-order valence-corrected chi connectivity index (χ2v) is 8.28. The molecule has 0 amide bonds. The molecule has 0 aromatic carbocycles. The normalized spacial score (nSPS) is 12.6. The van der Waals surface area contributed by atoms with Gasteiger partial charge in [0.2, 0.25) is 5.69 Å². The lowest BCUT2D eigenvalue weighted by Crippen LogP contribution is -1.89. The van der Waals surface area contributed by atoms with Crippen molar-refractivity contribution in [3.8, 4) is 0 Å². The Hall–Kier alpha value is 0.920. The van der Waals surface area contributed by atoms with Crippen molar-refractivity contribution in [2.75, 3.05) is 5.75 Å². The average Bonchev–Trinajstić information content (AvgIpc) is 1.59. The molecular formula is C4H11O2PS2. The van der Waals surface area contributed by atoms with E-state index in [9.17, 15) is 0 Å². The van der Waals surface area contributed by atoms with Gasteiger partial charge in [0.1, 0.15) is 0 Å². The Balaban J connectivity index is 3.40. The number of rotatable bonds is 3. The predicted molar refractivity (Wildman–Crippen MR) is 46.0 cm³/mol. The van der Waals surface area contributed by atoms with E-state index in [1.165, 1.54) is 0 Å². The summed E-state index contributed by atoms with van der Waals surface area (Å²) in [7, 11) is 0. The van der Waals surface area contributed by atoms with Crippen LogP contribution in [0.4, 0.5) is 0 Å². The molecule has 0 bridgehead atoms. The van der Waals surface area contributed by atoms with E-state index < -0.39 is 5.69 Å². The molecule has 0 aliphatic heterocycles. The molecule has 0 aromatic heterocycles. The quantitative estimate of drug-likeness (QED) is 0.657. The topological polar surface area (TPSA) is 40.5 Å². The van der Waals surface area contributed by atoms with Crippen molar-refractivity contribution in [1.82, 2.24) is 0 Å². The second-order valence-electron chi connectivity index (χ2n) is 2.18. The van der Waals surface area contributed by atoms with Crippen LogP contribution in [0.5, 0.6) is 0 Å². The fourth-order valence-corrected chi connectivity index (χ4v) is 2.76. The molecule has 5 heteroatoms. The van der Waals surface area contributed by atoms with E-state index in [0.29, 0.717) is 5.92 Å². The van der Waals surface area contributed by atoms with Crippen LogP contribution in [0.2, 0.25) is 0 Å². The summed E-state index contributed by atoms with van der Waals surface area (Å²) in [6, 6.07) is 0. The molecule has 0 fully saturated rings. The summed E-state index contributed by atoms with van der Waals surface area (Å²) < 4.78 is 0. The fourth-order valence-electron chi connectivity index (χ4n) is 0.246. The Labute approximate surface area is 64.6 Å². The Morgan fingerprint density at radius 2 is 2.00 bits per heavy atom. The second kappa shape index (κ2) is 3.94. The van der Waals surface area contributed by atoms with Crippen LogP contribution < -0.4 is 0 Å². The Bertz CT molecular complexity index is 120. The summed E-state index contributed by atoms with van der Waals surface area (Å²) in [4.78, 5) is 17.4. The summed E-state index contributed by atoms with van der Waals surface area (Å²) in [6.45, 7) is 4.02. The molecule has 0 saturated heterocycles. The molecule has 0 spiro atoms. The Kier molecular flexibility index (Phi) is 4.34. The highest BCUT2D eigenvalue weighted by atomic mass is 32.9. The maximum Gasteiger partial charge on any atom is 0.242 e. The van der Waals surface area contributed by atoms with Crippen LogP contribution in [0.25, 0.3) is 0 Å². The van der Waals surface area contributed by atoms with Gasteiger partial charge in [-0.05, 0) is 17.7 Å². The standard InChI is InChI=1S/C4H11O2PS2/c1-4(2)3-9-7(5,6)8/h4H,3H2,1-2H3,(H2,5,6,8). The van der Waals surface area contributed by atoms with Crippen LogP contribution in [0.1, 0.15) is 13.8 Å². The molecule has 0 aliphatic carbocycles. The van der Waals surface area contributed by atoms with Crippen LogP contribution in [-0.2, 0) is 11.8 Å². The minimum atomic E-state index is -2.97. The minimum absolute atomic E-state index is 0.469. The van der Waals surface area contributed by atoms with E-state index in [2.05, 4.69) is 11.8 Å². The largest absolute Gasteiger partial charge is 0.338 e. The van der Waals surface area contributed by atoms with Crippen molar-refractivity contribution < 1.29 is 9.79 Å². The van der Waals surface area contributed by atoms with Crippen molar-refractivity contribution in [2.45, 2.75) is 13.8 Å². The van der Waals surface area contributed by atoms with Gasteiger partial charge in [-0.2, -0.15) is 0 Å². The summed E-state index contributed by atoms with van der Waals surface area (Å²) >= 11 is 5.47. The average molecular weight is 186 g/mol. The van der Waals surface area contributed by atoms with Crippen molar-refractivity contribution in [1.29, 1.82) is 0 Å². The van der Waals surface area contributed by atoms with E-state index in [1.807, 2.05) is 13.8 Å². The molecule has 0 saturated carbocycles. The summed E-state index contributed by atoms with van der Waals surface area (Å²) in [5, 5.41) is 0. The van der Waals surface area contributed by atoms with Crippen LogP contribution in [0.3, 0.4) is 0 Å². The van der Waals surface area contributed by atoms with Gasteiger partial charge in [0, 0.05) is 5.75 Å². The first-order valence-corrected chi connectivity index (χ1v) is 6.92. The zero-order valence-corrected chi connectivity index (χ0v) is 7.97. The van der Waals surface area contributed by atoms with Crippen LogP contribution in [0, 0.1) is 5.92 Å². The third-order valence-corrected chi connectivity index (χ3v) is 4.13. The molecule has 0 aliphatic rings. The van der Waals surface area contributed by atoms with Crippen molar-refractivity contribution in [2.24, 2.45) is 5.92 Å². The maximum absolute atomic E-state index is 8.71. The van der Waals surface area contributed by atoms with Crippen molar-refractivity contribution in [3.63, 3.8) is 0 Å². The molecule has 56 valence electrons. The third-order valence-electron chi connectivity index (χ3n) is 0.576. The molecule has 0 atom stereocenters. The number of hydrogen-bond donors (Lipinski definition) is 2. The molecule has 9 heavy (non-hydrogen) atoms. The third kappa shape index (κ3) is 8.92. The van der Waals surface area contributed by atoms with Gasteiger partial charge in [-0.15, -0.1) is 0 Å². The van der Waals surface area contributed by atoms with E-state index in [0.717, 1.165) is 17.1 Å². The molecule has 0 radical (unpaired) electrons. The smallest absolute Gasteiger partial charge is 0.242 e. The molecule has 0 heterocycles. The zero-order chi connectivity index (χ0) is 7.49. The molecule has 0 unspecified atom stereocenters. The van der Waals surface area contributed by atoms with Crippen LogP contribution in [0.15, 0.2) is 0 Å². The molecule has 2 nitrogen and oxygen atoms in total. The number of hydrogen-bond acceptors (Lipinski definition) is 2. The van der Waals surface area contributed by atoms with Gasteiger partial charge in [-0.3, -0.25) is 0 Å². The predicted octanol–water partition coefficient (Wildman–Crippen LogP) is 1.58. The van der Waals surface area contributed by atoms with Gasteiger partial charge >= 0.3 is 0 Å². The molecule has 2 N–H and O–H groups in total. The van der Waals surface area contributed by atoms with Crippen molar-refractivity contribution >= 4 is 28.9 Å². The summed E-state index contributed by atoms with van der Waals surface area (Å²) in [6.07, 6.45) is 0. The van der Waals surface area contributed by atoms with Gasteiger partial charge in [-0.1, -0.05) is 25.2 Å². The van der Waals surface area contributed by atoms with Crippen LogP contribution in [-0.4, -0.2) is 15.5 Å². The van der Waals surface area contributed by atoms with Crippen molar-refractivity contribution in [3.05, 3.63) is 0 Å².